The number of nitrogens with two attached hydrogens (primary N) is 1. The summed E-state index contributed by atoms with van der Waals surface area (Å²) in [6, 6.07) is 8.85. The van der Waals surface area contributed by atoms with Crippen molar-refractivity contribution in [3.8, 4) is 23.0 Å². The number of benzene rings is 2. The number of amides is 1. The summed E-state index contributed by atoms with van der Waals surface area (Å²) in [4.78, 5) is 11.1. The van der Waals surface area contributed by atoms with Gasteiger partial charge in [0.15, 0.2) is 18.2 Å². The number of ether oxygens (including phenoxy) is 2. The second-order valence-electron chi connectivity index (χ2n) is 5.12. The summed E-state index contributed by atoms with van der Waals surface area (Å²) in [5.74, 6) is -2.86. The van der Waals surface area contributed by atoms with E-state index in [1.165, 1.54) is 0 Å². The van der Waals surface area contributed by atoms with Gasteiger partial charge in [-0.1, -0.05) is 0 Å². The molecule has 0 unspecified atom stereocenters. The molecule has 0 aliphatic carbocycles. The maximum Gasteiger partial charge on any atom is 0.254 e. The first-order valence-corrected chi connectivity index (χ1v) is 7.37. The number of rotatable bonds is 6. The van der Waals surface area contributed by atoms with Crippen LogP contribution in [-0.4, -0.2) is 23.2 Å². The van der Waals surface area contributed by atoms with E-state index < -0.39 is 23.1 Å². The van der Waals surface area contributed by atoms with E-state index >= 15 is 0 Å². The molecule has 0 saturated carbocycles. The molecule has 0 atom stereocenters. The SMILES string of the molecule is COc1ccc(-c2nnc(COc3ccc(F)c(C(N)=O)c3F)o2)cc1. The minimum atomic E-state index is -1.23. The smallest absolute Gasteiger partial charge is 0.254 e. The van der Waals surface area contributed by atoms with Crippen LogP contribution in [0.1, 0.15) is 16.2 Å². The molecule has 1 amide bonds. The Bertz CT molecular complexity index is 942. The lowest BCUT2D eigenvalue weighted by Gasteiger charge is -2.07. The molecule has 26 heavy (non-hydrogen) atoms. The number of carbonyl (C=O) groups excluding carboxylic acids is 1. The molecular formula is C17H13F2N3O4. The van der Waals surface area contributed by atoms with Gasteiger partial charge in [0.05, 0.1) is 7.11 Å². The Hall–Kier alpha value is -3.49. The summed E-state index contributed by atoms with van der Waals surface area (Å²) in [6.07, 6.45) is 0. The topological polar surface area (TPSA) is 100 Å². The summed E-state index contributed by atoms with van der Waals surface area (Å²) in [6.45, 7) is -0.274. The Morgan fingerprint density at radius 3 is 2.54 bits per heavy atom. The van der Waals surface area contributed by atoms with Crippen LogP contribution in [0.25, 0.3) is 11.5 Å². The Balaban J connectivity index is 1.74. The van der Waals surface area contributed by atoms with Gasteiger partial charge in [0.2, 0.25) is 5.89 Å². The van der Waals surface area contributed by atoms with E-state index in [0.29, 0.717) is 11.3 Å². The fourth-order valence-corrected chi connectivity index (χ4v) is 2.17. The summed E-state index contributed by atoms with van der Waals surface area (Å²) in [5.41, 5.74) is 4.75. The van der Waals surface area contributed by atoms with Crippen molar-refractivity contribution in [3.63, 3.8) is 0 Å². The first-order valence-electron chi connectivity index (χ1n) is 7.37. The van der Waals surface area contributed by atoms with E-state index in [1.807, 2.05) is 0 Å². The Morgan fingerprint density at radius 1 is 1.15 bits per heavy atom. The molecule has 0 aliphatic rings. The highest BCUT2D eigenvalue weighted by atomic mass is 19.1. The van der Waals surface area contributed by atoms with E-state index in [9.17, 15) is 13.6 Å². The van der Waals surface area contributed by atoms with Gasteiger partial charge in [-0.15, -0.1) is 10.2 Å². The molecule has 3 aromatic rings. The van der Waals surface area contributed by atoms with Crippen LogP contribution in [0.4, 0.5) is 8.78 Å². The van der Waals surface area contributed by atoms with E-state index in [-0.39, 0.29) is 24.1 Å². The molecule has 0 radical (unpaired) electrons. The highest BCUT2D eigenvalue weighted by molar-refractivity contribution is 5.93. The van der Waals surface area contributed by atoms with Crippen LogP contribution in [0.2, 0.25) is 0 Å². The van der Waals surface area contributed by atoms with Crippen LogP contribution in [-0.2, 0) is 6.61 Å². The highest BCUT2D eigenvalue weighted by Gasteiger charge is 2.20. The van der Waals surface area contributed by atoms with Gasteiger partial charge >= 0.3 is 0 Å². The Morgan fingerprint density at radius 2 is 1.88 bits per heavy atom. The lowest BCUT2D eigenvalue weighted by Crippen LogP contribution is -2.16. The lowest BCUT2D eigenvalue weighted by atomic mass is 10.1. The summed E-state index contributed by atoms with van der Waals surface area (Å²) < 4.78 is 43.2. The zero-order chi connectivity index (χ0) is 18.7. The minimum Gasteiger partial charge on any atom is -0.497 e. The van der Waals surface area contributed by atoms with Gasteiger partial charge in [-0.3, -0.25) is 4.79 Å². The molecule has 2 N–H and O–H groups in total. The number of nitrogens with zero attached hydrogens (tertiary/aromatic N) is 2. The molecule has 1 aromatic heterocycles. The molecule has 0 spiro atoms. The average Bonchev–Trinajstić information content (AvgIpc) is 3.10. The van der Waals surface area contributed by atoms with E-state index in [2.05, 4.69) is 10.2 Å². The van der Waals surface area contributed by atoms with E-state index in [1.54, 1.807) is 31.4 Å². The Labute approximate surface area is 146 Å². The standard InChI is InChI=1S/C17H13F2N3O4/c1-24-10-4-2-9(3-5-10)17-22-21-13(26-17)8-25-12-7-6-11(18)14(15(12)19)16(20)23/h2-7H,8H2,1H3,(H2,20,23). The third kappa shape index (κ3) is 3.46. The molecule has 7 nitrogen and oxygen atoms in total. The third-order valence-electron chi connectivity index (χ3n) is 3.46. The van der Waals surface area contributed by atoms with Crippen molar-refractivity contribution in [2.24, 2.45) is 5.73 Å². The number of halogens is 2. The normalized spacial score (nSPS) is 10.6. The van der Waals surface area contributed by atoms with Crippen molar-refractivity contribution in [2.45, 2.75) is 6.61 Å². The van der Waals surface area contributed by atoms with Crippen molar-refractivity contribution in [2.75, 3.05) is 7.11 Å². The second kappa shape index (κ2) is 7.18. The molecule has 9 heteroatoms. The van der Waals surface area contributed by atoms with Crippen LogP contribution >= 0.6 is 0 Å². The predicted molar refractivity (Wildman–Crippen MR) is 85.5 cm³/mol. The number of carbonyl (C=O) groups is 1. The van der Waals surface area contributed by atoms with Crippen molar-refractivity contribution >= 4 is 5.91 Å². The van der Waals surface area contributed by atoms with Gasteiger partial charge in [0.1, 0.15) is 17.1 Å². The van der Waals surface area contributed by atoms with Gasteiger partial charge in [0, 0.05) is 5.56 Å². The van der Waals surface area contributed by atoms with Crippen molar-refractivity contribution in [1.82, 2.24) is 10.2 Å². The van der Waals surface area contributed by atoms with Crippen LogP contribution in [0.15, 0.2) is 40.8 Å². The fraction of sp³-hybridized carbons (Fsp3) is 0.118. The highest BCUT2D eigenvalue weighted by Crippen LogP contribution is 2.25. The van der Waals surface area contributed by atoms with Crippen LogP contribution < -0.4 is 15.2 Å². The molecule has 0 fully saturated rings. The first-order chi connectivity index (χ1) is 12.5. The van der Waals surface area contributed by atoms with Crippen molar-refractivity contribution < 1.29 is 27.5 Å². The maximum atomic E-state index is 14.1. The summed E-state index contributed by atoms with van der Waals surface area (Å²) in [7, 11) is 1.55. The quantitative estimate of drug-likeness (QED) is 0.724. The molecule has 134 valence electrons. The van der Waals surface area contributed by atoms with Gasteiger partial charge in [-0.25, -0.2) is 8.78 Å². The molecular weight excluding hydrogens is 348 g/mol. The minimum absolute atomic E-state index is 0.0696. The maximum absolute atomic E-state index is 14.1. The van der Waals surface area contributed by atoms with Crippen LogP contribution in [0, 0.1) is 11.6 Å². The number of primary amides is 1. The van der Waals surface area contributed by atoms with Gasteiger partial charge in [-0.2, -0.15) is 0 Å². The van der Waals surface area contributed by atoms with E-state index in [4.69, 9.17) is 19.6 Å². The number of aromatic nitrogens is 2. The Kier molecular flexibility index (Phi) is 4.78. The molecule has 0 bridgehead atoms. The number of hydrogen-bond donors (Lipinski definition) is 1. The summed E-state index contributed by atoms with van der Waals surface area (Å²) in [5, 5.41) is 7.67. The van der Waals surface area contributed by atoms with Crippen LogP contribution in [0.5, 0.6) is 11.5 Å². The molecule has 3 rings (SSSR count). The zero-order valence-electron chi connectivity index (χ0n) is 13.5. The average molecular weight is 361 g/mol. The molecule has 0 saturated heterocycles. The first kappa shape index (κ1) is 17.3. The second-order valence-corrected chi connectivity index (χ2v) is 5.12. The van der Waals surface area contributed by atoms with Crippen LogP contribution in [0.3, 0.4) is 0 Å². The number of hydrogen-bond acceptors (Lipinski definition) is 6. The van der Waals surface area contributed by atoms with Crippen molar-refractivity contribution in [1.29, 1.82) is 0 Å². The summed E-state index contributed by atoms with van der Waals surface area (Å²) >= 11 is 0. The molecule has 0 aliphatic heterocycles. The fourth-order valence-electron chi connectivity index (χ4n) is 2.17. The van der Waals surface area contributed by atoms with Gasteiger partial charge < -0.3 is 19.6 Å². The largest absolute Gasteiger partial charge is 0.497 e. The van der Waals surface area contributed by atoms with E-state index in [0.717, 1.165) is 12.1 Å². The predicted octanol–water partition coefficient (Wildman–Crippen LogP) is 2.70. The zero-order valence-corrected chi connectivity index (χ0v) is 13.5. The monoisotopic (exact) mass is 361 g/mol. The molecule has 2 aromatic carbocycles. The number of methoxy groups -OCH3 is 1. The van der Waals surface area contributed by atoms with Crippen molar-refractivity contribution in [3.05, 3.63) is 59.5 Å². The van der Waals surface area contributed by atoms with Gasteiger partial charge in [0.25, 0.3) is 11.8 Å². The lowest BCUT2D eigenvalue weighted by molar-refractivity contribution is 0.0991. The molecule has 1 heterocycles. The third-order valence-corrected chi connectivity index (χ3v) is 3.46. The van der Waals surface area contributed by atoms with Gasteiger partial charge in [-0.05, 0) is 36.4 Å².